The van der Waals surface area contributed by atoms with Gasteiger partial charge in [-0.3, -0.25) is 4.79 Å². The van der Waals surface area contributed by atoms with Gasteiger partial charge in [0.2, 0.25) is 0 Å². The number of carbonyl (C=O) groups excluding carboxylic acids is 1. The van der Waals surface area contributed by atoms with Crippen molar-refractivity contribution in [1.82, 2.24) is 0 Å². The molecule has 0 aromatic heterocycles. The maximum absolute atomic E-state index is 12.4. The van der Waals surface area contributed by atoms with Gasteiger partial charge < -0.3 is 10.2 Å². The van der Waals surface area contributed by atoms with Crippen LogP contribution in [0.5, 0.6) is 0 Å². The maximum atomic E-state index is 12.4. The first-order valence-electron chi connectivity index (χ1n) is 6.76. The molecule has 0 unspecified atom stereocenters. The number of carbonyl (C=O) groups is 1. The van der Waals surface area contributed by atoms with E-state index in [0.29, 0.717) is 6.42 Å². The predicted octanol–water partition coefficient (Wildman–Crippen LogP) is 1.93. The van der Waals surface area contributed by atoms with Crippen LogP contribution in [-0.4, -0.2) is 28.7 Å². The first-order chi connectivity index (χ1) is 8.25. The minimum Gasteiger partial charge on any atom is -0.396 e. The summed E-state index contributed by atoms with van der Waals surface area (Å²) < 4.78 is 0. The number of ketones is 1. The topological polar surface area (TPSA) is 57.5 Å². The van der Waals surface area contributed by atoms with Crippen LogP contribution in [0, 0.1) is 22.7 Å². The summed E-state index contributed by atoms with van der Waals surface area (Å²) in [5.41, 5.74) is 0.329. The van der Waals surface area contributed by atoms with Crippen molar-refractivity contribution in [3.8, 4) is 0 Å². The molecule has 1 fully saturated rings. The average Bonchev–Trinajstić information content (AvgIpc) is 2.23. The zero-order chi connectivity index (χ0) is 13.7. The molecule has 0 amide bonds. The molecule has 1 saturated carbocycles. The lowest BCUT2D eigenvalue weighted by Crippen LogP contribution is -2.57. The SMILES string of the molecule is CC1=CC(=O)[C@@H]2C(C)(C)[C@H](O)CC[C@]2(C)[C@H]1CO. The van der Waals surface area contributed by atoms with Gasteiger partial charge in [-0.2, -0.15) is 0 Å². The largest absolute Gasteiger partial charge is 0.396 e. The Morgan fingerprint density at radius 1 is 1.39 bits per heavy atom. The summed E-state index contributed by atoms with van der Waals surface area (Å²) in [5.74, 6) is -0.0509. The van der Waals surface area contributed by atoms with Gasteiger partial charge in [0, 0.05) is 17.3 Å². The van der Waals surface area contributed by atoms with Crippen LogP contribution in [0.2, 0.25) is 0 Å². The van der Waals surface area contributed by atoms with Gasteiger partial charge in [-0.1, -0.05) is 26.3 Å². The number of aliphatic hydroxyl groups is 2. The van der Waals surface area contributed by atoms with Crippen LogP contribution in [0.3, 0.4) is 0 Å². The van der Waals surface area contributed by atoms with Crippen LogP contribution >= 0.6 is 0 Å². The quantitative estimate of drug-likeness (QED) is 0.749. The Morgan fingerprint density at radius 3 is 2.56 bits per heavy atom. The Bertz CT molecular complexity index is 397. The molecule has 0 spiro atoms. The number of hydrogen-bond donors (Lipinski definition) is 2. The molecule has 0 bridgehead atoms. The lowest BCUT2D eigenvalue weighted by molar-refractivity contribution is -0.153. The fourth-order valence-electron chi connectivity index (χ4n) is 4.35. The molecule has 0 aromatic rings. The van der Waals surface area contributed by atoms with E-state index in [-0.39, 0.29) is 29.6 Å². The Balaban J connectivity index is 2.53. The van der Waals surface area contributed by atoms with E-state index >= 15 is 0 Å². The Hall–Kier alpha value is -0.670. The number of aliphatic hydroxyl groups excluding tert-OH is 2. The molecule has 0 heterocycles. The van der Waals surface area contributed by atoms with Gasteiger partial charge in [-0.05, 0) is 31.3 Å². The molecule has 3 heteroatoms. The molecule has 18 heavy (non-hydrogen) atoms. The number of hydrogen-bond acceptors (Lipinski definition) is 3. The van der Waals surface area contributed by atoms with Gasteiger partial charge in [0.15, 0.2) is 5.78 Å². The van der Waals surface area contributed by atoms with Crippen LogP contribution in [0.4, 0.5) is 0 Å². The third-order valence-electron chi connectivity index (χ3n) is 5.40. The average molecular weight is 252 g/mol. The van der Waals surface area contributed by atoms with Crippen molar-refractivity contribution in [1.29, 1.82) is 0 Å². The van der Waals surface area contributed by atoms with Gasteiger partial charge in [-0.25, -0.2) is 0 Å². The van der Waals surface area contributed by atoms with Gasteiger partial charge in [-0.15, -0.1) is 0 Å². The van der Waals surface area contributed by atoms with Crippen molar-refractivity contribution in [3.63, 3.8) is 0 Å². The zero-order valence-electron chi connectivity index (χ0n) is 11.7. The fraction of sp³-hybridized carbons (Fsp3) is 0.800. The van der Waals surface area contributed by atoms with Crippen LogP contribution in [0.15, 0.2) is 11.6 Å². The molecular weight excluding hydrogens is 228 g/mol. The van der Waals surface area contributed by atoms with Crippen molar-refractivity contribution in [2.24, 2.45) is 22.7 Å². The summed E-state index contributed by atoms with van der Waals surface area (Å²) in [6, 6.07) is 0. The summed E-state index contributed by atoms with van der Waals surface area (Å²) >= 11 is 0. The summed E-state index contributed by atoms with van der Waals surface area (Å²) in [6.45, 7) is 8.05. The first kappa shape index (κ1) is 13.8. The van der Waals surface area contributed by atoms with Crippen molar-refractivity contribution >= 4 is 5.78 Å². The summed E-state index contributed by atoms with van der Waals surface area (Å²) in [7, 11) is 0. The molecule has 0 aliphatic heterocycles. The third-order valence-corrected chi connectivity index (χ3v) is 5.40. The smallest absolute Gasteiger partial charge is 0.159 e. The highest BCUT2D eigenvalue weighted by Crippen LogP contribution is 2.58. The van der Waals surface area contributed by atoms with E-state index < -0.39 is 11.5 Å². The maximum Gasteiger partial charge on any atom is 0.159 e. The molecule has 2 N–H and O–H groups in total. The molecule has 0 radical (unpaired) electrons. The monoisotopic (exact) mass is 252 g/mol. The van der Waals surface area contributed by atoms with E-state index in [4.69, 9.17) is 0 Å². The van der Waals surface area contributed by atoms with E-state index in [9.17, 15) is 15.0 Å². The molecular formula is C15H24O3. The second-order valence-electron chi connectivity index (χ2n) is 6.84. The van der Waals surface area contributed by atoms with Gasteiger partial charge in [0.25, 0.3) is 0 Å². The molecule has 102 valence electrons. The van der Waals surface area contributed by atoms with Crippen LogP contribution < -0.4 is 0 Å². The predicted molar refractivity (Wildman–Crippen MR) is 70.0 cm³/mol. The first-order valence-corrected chi connectivity index (χ1v) is 6.76. The minimum atomic E-state index is -0.439. The van der Waals surface area contributed by atoms with Crippen molar-refractivity contribution in [2.45, 2.75) is 46.6 Å². The van der Waals surface area contributed by atoms with Gasteiger partial charge in [0.1, 0.15) is 0 Å². The van der Waals surface area contributed by atoms with Gasteiger partial charge in [0.05, 0.1) is 12.7 Å². The molecule has 2 aliphatic carbocycles. The van der Waals surface area contributed by atoms with Crippen LogP contribution in [0.1, 0.15) is 40.5 Å². The van der Waals surface area contributed by atoms with E-state index in [1.807, 2.05) is 20.8 Å². The summed E-state index contributed by atoms with van der Waals surface area (Å²) in [5, 5.41) is 19.9. The van der Waals surface area contributed by atoms with E-state index in [1.165, 1.54) is 0 Å². The lowest BCUT2D eigenvalue weighted by atomic mass is 9.47. The number of allylic oxidation sites excluding steroid dienone is 1. The normalized spacial score (nSPS) is 43.3. The molecule has 0 saturated heterocycles. The Kier molecular flexibility index (Phi) is 3.19. The second kappa shape index (κ2) is 4.17. The lowest BCUT2D eigenvalue weighted by Gasteiger charge is -2.56. The highest BCUT2D eigenvalue weighted by atomic mass is 16.3. The van der Waals surface area contributed by atoms with Crippen LogP contribution in [0.25, 0.3) is 0 Å². The van der Waals surface area contributed by atoms with E-state index in [0.717, 1.165) is 12.0 Å². The fourth-order valence-corrected chi connectivity index (χ4v) is 4.35. The standard InChI is InChI=1S/C15H24O3/c1-9-7-11(17)13-14(2,3)12(18)5-6-15(13,4)10(9)8-16/h7,10,12-13,16,18H,5-6,8H2,1-4H3/t10-,12+,13+,15+/m0/s1. The second-order valence-corrected chi connectivity index (χ2v) is 6.84. The van der Waals surface area contributed by atoms with E-state index in [1.54, 1.807) is 6.08 Å². The van der Waals surface area contributed by atoms with E-state index in [2.05, 4.69) is 6.92 Å². The molecule has 0 aromatic carbocycles. The van der Waals surface area contributed by atoms with Gasteiger partial charge >= 0.3 is 0 Å². The zero-order valence-corrected chi connectivity index (χ0v) is 11.7. The van der Waals surface area contributed by atoms with Crippen molar-refractivity contribution in [3.05, 3.63) is 11.6 Å². The van der Waals surface area contributed by atoms with Crippen molar-refractivity contribution in [2.75, 3.05) is 6.61 Å². The Labute approximate surface area is 109 Å². The number of rotatable bonds is 1. The highest BCUT2D eigenvalue weighted by Gasteiger charge is 2.58. The number of fused-ring (bicyclic) bond motifs is 1. The Morgan fingerprint density at radius 2 is 2.00 bits per heavy atom. The molecule has 4 atom stereocenters. The molecule has 3 nitrogen and oxygen atoms in total. The summed E-state index contributed by atoms with van der Waals surface area (Å²) in [4.78, 5) is 12.4. The molecule has 2 rings (SSSR count). The molecule has 2 aliphatic rings. The minimum absolute atomic E-state index is 0.0342. The summed E-state index contributed by atoms with van der Waals surface area (Å²) in [6.07, 6.45) is 2.74. The highest BCUT2D eigenvalue weighted by molar-refractivity contribution is 5.95. The third kappa shape index (κ3) is 1.68. The van der Waals surface area contributed by atoms with Crippen molar-refractivity contribution < 1.29 is 15.0 Å². The van der Waals surface area contributed by atoms with Crippen LogP contribution in [-0.2, 0) is 4.79 Å².